The minimum atomic E-state index is -2.99. The third-order valence-corrected chi connectivity index (χ3v) is 2.41. The number of aromatic nitrogens is 1. The number of anilines is 1. The number of aryl methyl sites for hydroxylation is 1. The van der Waals surface area contributed by atoms with Crippen molar-refractivity contribution in [2.75, 3.05) is 25.5 Å². The van der Waals surface area contributed by atoms with E-state index in [1.54, 1.807) is 6.07 Å². The molecule has 1 heterocycles. The Hall–Kier alpha value is -2.18. The van der Waals surface area contributed by atoms with Crippen LogP contribution in [0.2, 0.25) is 0 Å². The van der Waals surface area contributed by atoms with Gasteiger partial charge in [0, 0.05) is 32.2 Å². The van der Waals surface area contributed by atoms with Crippen LogP contribution in [0.3, 0.4) is 0 Å². The number of methoxy groups -OCH3 is 1. The van der Waals surface area contributed by atoms with Crippen LogP contribution < -0.4 is 15.4 Å². The quantitative estimate of drug-likeness (QED) is 0.598. The molecule has 7 heteroatoms. The zero-order chi connectivity index (χ0) is 15.9. The molecule has 0 fully saturated rings. The highest BCUT2D eigenvalue weighted by atomic mass is 19.3. The van der Waals surface area contributed by atoms with E-state index in [0.717, 1.165) is 18.6 Å². The van der Waals surface area contributed by atoms with E-state index in [9.17, 15) is 13.6 Å². The van der Waals surface area contributed by atoms with Gasteiger partial charge in [0.15, 0.2) is 0 Å². The van der Waals surface area contributed by atoms with E-state index in [1.807, 2.05) is 13.0 Å². The molecule has 0 aliphatic heterocycles. The minimum absolute atomic E-state index is 0.288. The summed E-state index contributed by atoms with van der Waals surface area (Å²) < 4.78 is 30.0. The van der Waals surface area contributed by atoms with Crippen molar-refractivity contribution in [3.8, 4) is 5.88 Å². The van der Waals surface area contributed by atoms with Gasteiger partial charge < -0.3 is 15.4 Å². The lowest BCUT2D eigenvalue weighted by Crippen LogP contribution is -2.27. The third kappa shape index (κ3) is 7.24. The van der Waals surface area contributed by atoms with Crippen LogP contribution in [0.1, 0.15) is 12.5 Å². The maximum atomic E-state index is 12.5. The number of carbonyl (C=O) groups is 1. The third-order valence-electron chi connectivity index (χ3n) is 2.41. The van der Waals surface area contributed by atoms with Gasteiger partial charge in [-0.2, -0.15) is 4.98 Å². The van der Waals surface area contributed by atoms with E-state index in [-0.39, 0.29) is 6.54 Å². The summed E-state index contributed by atoms with van der Waals surface area (Å²) in [6.45, 7) is 3.33. The second kappa shape index (κ2) is 7.56. The number of hydrogen-bond donors (Lipinski definition) is 2. The molecular weight excluding hydrogens is 280 g/mol. The van der Waals surface area contributed by atoms with Crippen LogP contribution in [0.4, 0.5) is 14.6 Å². The molecule has 1 aromatic heterocycles. The number of alkyl halides is 2. The maximum Gasteiger partial charge on any atom is 0.264 e. The average molecular weight is 299 g/mol. The maximum absolute atomic E-state index is 12.5. The molecule has 21 heavy (non-hydrogen) atoms. The first-order valence-corrected chi connectivity index (χ1v) is 6.41. The molecule has 2 N–H and O–H groups in total. The lowest BCUT2D eigenvalue weighted by molar-refractivity contribution is -0.116. The number of hydrogen-bond acceptors (Lipinski definition) is 4. The molecule has 0 atom stereocenters. The Morgan fingerprint density at radius 1 is 1.43 bits per heavy atom. The Morgan fingerprint density at radius 3 is 2.76 bits per heavy atom. The number of rotatable bonds is 7. The molecule has 5 nitrogen and oxygen atoms in total. The van der Waals surface area contributed by atoms with E-state index in [4.69, 9.17) is 4.74 Å². The molecule has 0 aliphatic carbocycles. The van der Waals surface area contributed by atoms with E-state index >= 15 is 0 Å². The molecule has 0 aliphatic rings. The predicted molar refractivity (Wildman–Crippen MR) is 76.8 cm³/mol. The number of halogens is 2. The average Bonchev–Trinajstić information content (AvgIpc) is 2.40. The number of allylic oxidation sites excluding steroid dienone is 1. The summed E-state index contributed by atoms with van der Waals surface area (Å²) >= 11 is 0. The van der Waals surface area contributed by atoms with Crippen LogP contribution in [0, 0.1) is 6.92 Å². The van der Waals surface area contributed by atoms with Crippen molar-refractivity contribution in [3.63, 3.8) is 0 Å². The van der Waals surface area contributed by atoms with Crippen LogP contribution in [-0.4, -0.2) is 37.0 Å². The summed E-state index contributed by atoms with van der Waals surface area (Å²) in [5.74, 6) is -2.43. The zero-order valence-corrected chi connectivity index (χ0v) is 12.2. The number of ether oxygens (including phenoxy) is 1. The van der Waals surface area contributed by atoms with Gasteiger partial charge in [0.1, 0.15) is 5.82 Å². The van der Waals surface area contributed by atoms with Gasteiger partial charge in [-0.3, -0.25) is 4.79 Å². The SMILES string of the molecule is COc1cc(C)cc(NCCNC(=O)/C=C/C(C)(F)F)n1. The van der Waals surface area contributed by atoms with Gasteiger partial charge in [0.25, 0.3) is 5.92 Å². The second-order valence-electron chi connectivity index (χ2n) is 4.58. The highest BCUT2D eigenvalue weighted by Crippen LogP contribution is 2.14. The molecule has 0 aromatic carbocycles. The molecular formula is C14H19F2N3O2. The van der Waals surface area contributed by atoms with Gasteiger partial charge in [0.2, 0.25) is 11.8 Å². The summed E-state index contributed by atoms with van der Waals surface area (Å²) in [5, 5.41) is 5.50. The van der Waals surface area contributed by atoms with E-state index < -0.39 is 11.8 Å². The molecule has 116 valence electrons. The van der Waals surface area contributed by atoms with E-state index in [1.165, 1.54) is 7.11 Å². The highest BCUT2D eigenvalue weighted by molar-refractivity contribution is 5.87. The van der Waals surface area contributed by atoms with Crippen LogP contribution in [0.25, 0.3) is 0 Å². The Kier molecular flexibility index (Phi) is 6.08. The van der Waals surface area contributed by atoms with Gasteiger partial charge in [-0.25, -0.2) is 8.78 Å². The van der Waals surface area contributed by atoms with Crippen molar-refractivity contribution in [2.24, 2.45) is 0 Å². The van der Waals surface area contributed by atoms with Crippen molar-refractivity contribution >= 4 is 11.7 Å². The number of carbonyl (C=O) groups excluding carboxylic acids is 1. The fourth-order valence-corrected chi connectivity index (χ4v) is 1.49. The number of nitrogens with zero attached hydrogens (tertiary/aromatic N) is 1. The lowest BCUT2D eigenvalue weighted by Gasteiger charge is -2.09. The Labute approximate surface area is 122 Å². The Morgan fingerprint density at radius 2 is 2.14 bits per heavy atom. The zero-order valence-electron chi connectivity index (χ0n) is 12.2. The molecule has 0 saturated heterocycles. The van der Waals surface area contributed by atoms with Crippen LogP contribution >= 0.6 is 0 Å². The smallest absolute Gasteiger partial charge is 0.264 e. The van der Waals surface area contributed by atoms with Gasteiger partial charge in [-0.05, 0) is 24.6 Å². The Bertz CT molecular complexity index is 513. The molecule has 0 bridgehead atoms. The molecule has 1 rings (SSSR count). The topological polar surface area (TPSA) is 63.2 Å². The van der Waals surface area contributed by atoms with Crippen LogP contribution in [0.5, 0.6) is 5.88 Å². The summed E-state index contributed by atoms with van der Waals surface area (Å²) in [6.07, 6.45) is 1.39. The standard InChI is InChI=1S/C14H19F2N3O2/c1-10-8-11(19-13(9-10)21-3)17-6-7-18-12(20)4-5-14(2,15)16/h4-5,8-9H,6-7H2,1-3H3,(H,17,19)(H,18,20)/b5-4+. The monoisotopic (exact) mass is 299 g/mol. The lowest BCUT2D eigenvalue weighted by atomic mass is 10.3. The highest BCUT2D eigenvalue weighted by Gasteiger charge is 2.15. The fraction of sp³-hybridized carbons (Fsp3) is 0.429. The van der Waals surface area contributed by atoms with Crippen LogP contribution in [-0.2, 0) is 4.79 Å². The summed E-state index contributed by atoms with van der Waals surface area (Å²) in [6, 6.07) is 3.63. The number of amides is 1. The van der Waals surface area contributed by atoms with Gasteiger partial charge >= 0.3 is 0 Å². The number of nitrogens with one attached hydrogen (secondary N) is 2. The molecule has 0 spiro atoms. The first kappa shape index (κ1) is 16.9. The van der Waals surface area contributed by atoms with Crippen molar-refractivity contribution < 1.29 is 18.3 Å². The summed E-state index contributed by atoms with van der Waals surface area (Å²) in [7, 11) is 1.53. The van der Waals surface area contributed by atoms with E-state index in [0.29, 0.717) is 24.3 Å². The van der Waals surface area contributed by atoms with Crippen molar-refractivity contribution in [2.45, 2.75) is 19.8 Å². The van der Waals surface area contributed by atoms with Crippen molar-refractivity contribution in [1.29, 1.82) is 0 Å². The first-order chi connectivity index (χ1) is 9.80. The largest absolute Gasteiger partial charge is 0.481 e. The summed E-state index contributed by atoms with van der Waals surface area (Å²) in [4.78, 5) is 15.4. The van der Waals surface area contributed by atoms with Crippen molar-refractivity contribution in [1.82, 2.24) is 10.3 Å². The normalized spacial score (nSPS) is 11.5. The van der Waals surface area contributed by atoms with Gasteiger partial charge in [-0.15, -0.1) is 0 Å². The molecule has 0 unspecified atom stereocenters. The Balaban J connectivity index is 2.36. The molecule has 1 aromatic rings. The minimum Gasteiger partial charge on any atom is -0.481 e. The van der Waals surface area contributed by atoms with Crippen LogP contribution in [0.15, 0.2) is 24.3 Å². The fourth-order valence-electron chi connectivity index (χ4n) is 1.49. The van der Waals surface area contributed by atoms with Gasteiger partial charge in [-0.1, -0.05) is 0 Å². The van der Waals surface area contributed by atoms with E-state index in [2.05, 4.69) is 15.6 Å². The molecule has 0 saturated carbocycles. The molecule has 0 radical (unpaired) electrons. The molecule has 1 amide bonds. The second-order valence-corrected chi connectivity index (χ2v) is 4.58. The first-order valence-electron chi connectivity index (χ1n) is 6.41. The van der Waals surface area contributed by atoms with Gasteiger partial charge in [0.05, 0.1) is 7.11 Å². The van der Waals surface area contributed by atoms with Crippen molar-refractivity contribution in [3.05, 3.63) is 29.8 Å². The number of pyridine rings is 1. The summed E-state index contributed by atoms with van der Waals surface area (Å²) in [5.41, 5.74) is 0.987. The predicted octanol–water partition coefficient (Wildman–Crippen LogP) is 2.14.